The van der Waals surface area contributed by atoms with Crippen molar-refractivity contribution >= 4 is 11.8 Å². The van der Waals surface area contributed by atoms with Crippen LogP contribution in [-0.2, 0) is 4.79 Å². The van der Waals surface area contributed by atoms with Gasteiger partial charge in [0, 0.05) is 32.6 Å². The van der Waals surface area contributed by atoms with Crippen LogP contribution in [0.3, 0.4) is 0 Å². The van der Waals surface area contributed by atoms with Crippen LogP contribution in [0, 0.1) is 6.92 Å². The summed E-state index contributed by atoms with van der Waals surface area (Å²) in [5.41, 5.74) is 1.77. The van der Waals surface area contributed by atoms with E-state index in [1.165, 1.54) is 0 Å². The predicted octanol–water partition coefficient (Wildman–Crippen LogP) is 1.20. The standard InChI is InChI=1S/C13H18N2O2/c1-10-4-6-11(7-5-10)13(17)15(3)9-8-12(16)14-2/h4-7H,8-9H2,1-3H3,(H,14,16). The molecule has 0 atom stereocenters. The number of rotatable bonds is 4. The van der Waals surface area contributed by atoms with Gasteiger partial charge in [-0.1, -0.05) is 17.7 Å². The molecule has 0 aliphatic carbocycles. The second-order valence-corrected chi connectivity index (χ2v) is 4.02. The van der Waals surface area contributed by atoms with Crippen molar-refractivity contribution in [3.05, 3.63) is 35.4 Å². The Morgan fingerprint density at radius 3 is 2.35 bits per heavy atom. The van der Waals surface area contributed by atoms with Crippen LogP contribution in [0.5, 0.6) is 0 Å². The van der Waals surface area contributed by atoms with Crippen molar-refractivity contribution in [1.82, 2.24) is 10.2 Å². The fourth-order valence-electron chi connectivity index (χ4n) is 1.41. The van der Waals surface area contributed by atoms with E-state index in [0.717, 1.165) is 5.56 Å². The van der Waals surface area contributed by atoms with Crippen molar-refractivity contribution in [1.29, 1.82) is 0 Å². The number of benzene rings is 1. The van der Waals surface area contributed by atoms with Crippen LogP contribution < -0.4 is 5.32 Å². The molecule has 0 aliphatic rings. The molecule has 4 heteroatoms. The molecular formula is C13H18N2O2. The maximum atomic E-state index is 12.0. The fraction of sp³-hybridized carbons (Fsp3) is 0.385. The zero-order valence-electron chi connectivity index (χ0n) is 10.5. The second-order valence-electron chi connectivity index (χ2n) is 4.02. The number of nitrogens with zero attached hydrogens (tertiary/aromatic N) is 1. The van der Waals surface area contributed by atoms with Gasteiger partial charge in [-0.25, -0.2) is 0 Å². The minimum atomic E-state index is -0.0615. The third kappa shape index (κ3) is 3.90. The lowest BCUT2D eigenvalue weighted by Gasteiger charge is -2.16. The van der Waals surface area contributed by atoms with Crippen LogP contribution in [0.15, 0.2) is 24.3 Å². The normalized spacial score (nSPS) is 9.82. The largest absolute Gasteiger partial charge is 0.359 e. The highest BCUT2D eigenvalue weighted by atomic mass is 16.2. The molecule has 0 bridgehead atoms. The number of carbonyl (C=O) groups excluding carboxylic acids is 2. The minimum Gasteiger partial charge on any atom is -0.359 e. The first-order valence-corrected chi connectivity index (χ1v) is 5.57. The molecule has 0 aromatic heterocycles. The third-order valence-corrected chi connectivity index (χ3v) is 2.60. The van der Waals surface area contributed by atoms with Gasteiger partial charge in [-0.05, 0) is 19.1 Å². The predicted molar refractivity (Wildman–Crippen MR) is 66.8 cm³/mol. The van der Waals surface area contributed by atoms with Gasteiger partial charge in [0.15, 0.2) is 0 Å². The molecule has 0 saturated carbocycles. The van der Waals surface area contributed by atoms with E-state index in [4.69, 9.17) is 0 Å². The Balaban J connectivity index is 2.57. The molecule has 4 nitrogen and oxygen atoms in total. The summed E-state index contributed by atoms with van der Waals surface area (Å²) in [4.78, 5) is 24.6. The molecule has 0 radical (unpaired) electrons. The lowest BCUT2D eigenvalue weighted by molar-refractivity contribution is -0.120. The average molecular weight is 234 g/mol. The van der Waals surface area contributed by atoms with Gasteiger partial charge < -0.3 is 10.2 Å². The minimum absolute atomic E-state index is 0.0612. The van der Waals surface area contributed by atoms with E-state index >= 15 is 0 Å². The highest BCUT2D eigenvalue weighted by Gasteiger charge is 2.12. The Labute approximate surface area is 102 Å². The van der Waals surface area contributed by atoms with Crippen LogP contribution in [0.2, 0.25) is 0 Å². The molecule has 1 aromatic rings. The summed E-state index contributed by atoms with van der Waals surface area (Å²) in [6, 6.07) is 7.40. The summed E-state index contributed by atoms with van der Waals surface area (Å²) in [5.74, 6) is -0.123. The summed E-state index contributed by atoms with van der Waals surface area (Å²) in [6.07, 6.45) is 0.324. The molecule has 1 N–H and O–H groups in total. The van der Waals surface area contributed by atoms with E-state index in [0.29, 0.717) is 18.5 Å². The molecule has 1 rings (SSSR count). The molecular weight excluding hydrogens is 216 g/mol. The summed E-state index contributed by atoms with van der Waals surface area (Å²) in [7, 11) is 3.29. The zero-order chi connectivity index (χ0) is 12.8. The van der Waals surface area contributed by atoms with E-state index in [-0.39, 0.29) is 11.8 Å². The average Bonchev–Trinajstić information content (AvgIpc) is 2.35. The first-order valence-electron chi connectivity index (χ1n) is 5.57. The van der Waals surface area contributed by atoms with Gasteiger partial charge in [0.1, 0.15) is 0 Å². The number of carbonyl (C=O) groups is 2. The maximum Gasteiger partial charge on any atom is 0.253 e. The molecule has 17 heavy (non-hydrogen) atoms. The second kappa shape index (κ2) is 6.03. The molecule has 0 saturated heterocycles. The number of aryl methyl sites for hydroxylation is 1. The summed E-state index contributed by atoms with van der Waals surface area (Å²) in [6.45, 7) is 2.40. The number of amides is 2. The van der Waals surface area contributed by atoms with Crippen LogP contribution in [-0.4, -0.2) is 37.4 Å². The Hall–Kier alpha value is -1.84. The van der Waals surface area contributed by atoms with Gasteiger partial charge in [0.25, 0.3) is 5.91 Å². The lowest BCUT2D eigenvalue weighted by atomic mass is 10.1. The maximum absolute atomic E-state index is 12.0. The monoisotopic (exact) mass is 234 g/mol. The van der Waals surface area contributed by atoms with Gasteiger partial charge >= 0.3 is 0 Å². The van der Waals surface area contributed by atoms with Crippen molar-refractivity contribution in [2.45, 2.75) is 13.3 Å². The molecule has 0 spiro atoms. The topological polar surface area (TPSA) is 49.4 Å². The van der Waals surface area contributed by atoms with Crippen LogP contribution >= 0.6 is 0 Å². The van der Waals surface area contributed by atoms with E-state index in [2.05, 4.69) is 5.32 Å². The van der Waals surface area contributed by atoms with Crippen molar-refractivity contribution in [3.8, 4) is 0 Å². The highest BCUT2D eigenvalue weighted by molar-refractivity contribution is 5.94. The molecule has 1 aromatic carbocycles. The number of hydrogen-bond donors (Lipinski definition) is 1. The van der Waals surface area contributed by atoms with Crippen LogP contribution in [0.4, 0.5) is 0 Å². The van der Waals surface area contributed by atoms with Crippen LogP contribution in [0.25, 0.3) is 0 Å². The van der Waals surface area contributed by atoms with E-state index in [1.54, 1.807) is 31.1 Å². The Morgan fingerprint density at radius 1 is 1.24 bits per heavy atom. The van der Waals surface area contributed by atoms with E-state index in [9.17, 15) is 9.59 Å². The molecule has 0 fully saturated rings. The quantitative estimate of drug-likeness (QED) is 0.851. The molecule has 0 aliphatic heterocycles. The van der Waals surface area contributed by atoms with Gasteiger partial charge in [0.2, 0.25) is 5.91 Å². The van der Waals surface area contributed by atoms with Crippen molar-refractivity contribution < 1.29 is 9.59 Å². The Kier molecular flexibility index (Phi) is 4.69. The SMILES string of the molecule is CNC(=O)CCN(C)C(=O)c1ccc(C)cc1. The van der Waals surface area contributed by atoms with Crippen LogP contribution in [0.1, 0.15) is 22.3 Å². The zero-order valence-corrected chi connectivity index (χ0v) is 10.5. The van der Waals surface area contributed by atoms with E-state index in [1.807, 2.05) is 19.1 Å². The first kappa shape index (κ1) is 13.2. The molecule has 0 unspecified atom stereocenters. The molecule has 0 heterocycles. The fourth-order valence-corrected chi connectivity index (χ4v) is 1.41. The summed E-state index contributed by atoms with van der Waals surface area (Å²) in [5, 5.41) is 2.53. The van der Waals surface area contributed by atoms with Crippen molar-refractivity contribution in [2.75, 3.05) is 20.6 Å². The smallest absolute Gasteiger partial charge is 0.253 e. The third-order valence-electron chi connectivity index (χ3n) is 2.60. The molecule has 2 amide bonds. The van der Waals surface area contributed by atoms with Crippen molar-refractivity contribution in [2.24, 2.45) is 0 Å². The van der Waals surface area contributed by atoms with Gasteiger partial charge in [-0.15, -0.1) is 0 Å². The highest BCUT2D eigenvalue weighted by Crippen LogP contribution is 2.06. The first-order chi connectivity index (χ1) is 8.04. The Morgan fingerprint density at radius 2 is 1.82 bits per heavy atom. The van der Waals surface area contributed by atoms with Gasteiger partial charge in [-0.3, -0.25) is 9.59 Å². The summed E-state index contributed by atoms with van der Waals surface area (Å²) >= 11 is 0. The number of hydrogen-bond acceptors (Lipinski definition) is 2. The van der Waals surface area contributed by atoms with Gasteiger partial charge in [0.05, 0.1) is 0 Å². The van der Waals surface area contributed by atoms with Gasteiger partial charge in [-0.2, -0.15) is 0 Å². The summed E-state index contributed by atoms with van der Waals surface area (Å²) < 4.78 is 0. The van der Waals surface area contributed by atoms with E-state index < -0.39 is 0 Å². The molecule has 92 valence electrons. The Bertz CT molecular complexity index is 398. The number of nitrogens with one attached hydrogen (secondary N) is 1. The lowest BCUT2D eigenvalue weighted by Crippen LogP contribution is -2.31. The van der Waals surface area contributed by atoms with Crippen molar-refractivity contribution in [3.63, 3.8) is 0 Å².